The summed E-state index contributed by atoms with van der Waals surface area (Å²) in [4.78, 5) is 12.7. The number of carbonyl (C=O) groups is 1. The van der Waals surface area contributed by atoms with E-state index in [1.54, 1.807) is 17.1 Å². The molecule has 0 radical (unpaired) electrons. The summed E-state index contributed by atoms with van der Waals surface area (Å²) in [5.74, 6) is -0.701. The summed E-state index contributed by atoms with van der Waals surface area (Å²) in [6.07, 6.45) is -2.40. The van der Waals surface area contributed by atoms with Crippen molar-refractivity contribution in [2.75, 3.05) is 13.1 Å². The average Bonchev–Trinajstić information content (AvgIpc) is 2.80. The first kappa shape index (κ1) is 16.3. The van der Waals surface area contributed by atoms with Gasteiger partial charge >= 0.3 is 6.18 Å². The number of rotatable bonds is 4. The van der Waals surface area contributed by atoms with Crippen LogP contribution in [-0.4, -0.2) is 39.9 Å². The Morgan fingerprint density at radius 3 is 2.59 bits per heavy atom. The van der Waals surface area contributed by atoms with Crippen molar-refractivity contribution in [3.8, 4) is 6.07 Å². The van der Waals surface area contributed by atoms with E-state index in [0.717, 1.165) is 10.5 Å². The van der Waals surface area contributed by atoms with Gasteiger partial charge in [-0.2, -0.15) is 23.5 Å². The third-order valence-corrected chi connectivity index (χ3v) is 3.84. The number of halogens is 3. The molecule has 1 aromatic rings. The summed E-state index contributed by atoms with van der Waals surface area (Å²) in [6.45, 7) is 4.15. The van der Waals surface area contributed by atoms with E-state index in [2.05, 4.69) is 5.10 Å². The van der Waals surface area contributed by atoms with Crippen molar-refractivity contribution in [2.45, 2.75) is 44.3 Å². The van der Waals surface area contributed by atoms with Gasteiger partial charge in [0.15, 0.2) is 0 Å². The van der Waals surface area contributed by atoms with E-state index in [0.29, 0.717) is 0 Å². The molecule has 8 heteroatoms. The molecule has 0 aliphatic carbocycles. The fraction of sp³-hybridized carbons (Fsp3) is 0.643. The van der Waals surface area contributed by atoms with Crippen molar-refractivity contribution in [1.29, 1.82) is 5.26 Å². The standard InChI is InChI=1S/C14H17F3N4O/c1-10(2)11-6-19-21(7-11)13(3-4-18)8-20(9-13)12(22)5-14(15,16)17/h6-7,10H,3,5,8-9H2,1-2H3. The molecule has 1 amide bonds. The van der Waals surface area contributed by atoms with Crippen LogP contribution in [-0.2, 0) is 10.3 Å². The highest BCUT2D eigenvalue weighted by Crippen LogP contribution is 2.34. The molecule has 2 rings (SSSR count). The molecular weight excluding hydrogens is 297 g/mol. The smallest absolute Gasteiger partial charge is 0.337 e. The molecule has 1 fully saturated rings. The van der Waals surface area contributed by atoms with E-state index >= 15 is 0 Å². The maximum absolute atomic E-state index is 12.3. The Balaban J connectivity index is 2.10. The van der Waals surface area contributed by atoms with Crippen LogP contribution < -0.4 is 0 Å². The van der Waals surface area contributed by atoms with Crippen LogP contribution in [0.5, 0.6) is 0 Å². The zero-order chi connectivity index (χ0) is 16.5. The maximum atomic E-state index is 12.3. The van der Waals surface area contributed by atoms with E-state index < -0.39 is 24.0 Å². The van der Waals surface area contributed by atoms with Crippen molar-refractivity contribution in [2.24, 2.45) is 0 Å². The minimum Gasteiger partial charge on any atom is -0.337 e. The minimum atomic E-state index is -4.51. The summed E-state index contributed by atoms with van der Waals surface area (Å²) < 4.78 is 38.4. The average molecular weight is 314 g/mol. The molecule has 0 atom stereocenters. The minimum absolute atomic E-state index is 0.0781. The first-order valence-corrected chi connectivity index (χ1v) is 6.93. The molecule has 2 heterocycles. The predicted octanol–water partition coefficient (Wildman–Crippen LogP) is 2.41. The molecule has 0 N–H and O–H groups in total. The zero-order valence-corrected chi connectivity index (χ0v) is 12.4. The highest BCUT2D eigenvalue weighted by Gasteiger charge is 2.49. The summed E-state index contributed by atoms with van der Waals surface area (Å²) in [6, 6.07) is 2.03. The fourth-order valence-electron chi connectivity index (χ4n) is 2.50. The summed E-state index contributed by atoms with van der Waals surface area (Å²) in [5.41, 5.74) is 0.265. The van der Waals surface area contributed by atoms with Gasteiger partial charge in [0.1, 0.15) is 12.0 Å². The second-order valence-electron chi connectivity index (χ2n) is 5.97. The molecule has 1 aliphatic rings. The Morgan fingerprint density at radius 2 is 2.14 bits per heavy atom. The third kappa shape index (κ3) is 3.24. The van der Waals surface area contributed by atoms with Crippen LogP contribution >= 0.6 is 0 Å². The number of nitrogens with zero attached hydrogens (tertiary/aromatic N) is 4. The van der Waals surface area contributed by atoms with Gasteiger partial charge in [-0.15, -0.1) is 0 Å². The molecule has 0 saturated carbocycles. The van der Waals surface area contributed by atoms with Crippen molar-refractivity contribution in [3.63, 3.8) is 0 Å². The lowest BCUT2D eigenvalue weighted by atomic mass is 9.86. The molecule has 22 heavy (non-hydrogen) atoms. The zero-order valence-electron chi connectivity index (χ0n) is 12.4. The Kier molecular flexibility index (Phi) is 4.18. The number of aromatic nitrogens is 2. The van der Waals surface area contributed by atoms with E-state index in [4.69, 9.17) is 5.26 Å². The molecule has 0 spiro atoms. The maximum Gasteiger partial charge on any atom is 0.397 e. The molecule has 1 aromatic heterocycles. The molecule has 0 bridgehead atoms. The molecule has 1 aliphatic heterocycles. The van der Waals surface area contributed by atoms with E-state index in [1.807, 2.05) is 19.9 Å². The van der Waals surface area contributed by atoms with Crippen LogP contribution in [0.1, 0.15) is 38.2 Å². The molecule has 5 nitrogen and oxygen atoms in total. The Labute approximate surface area is 126 Å². The molecule has 0 aromatic carbocycles. The van der Waals surface area contributed by atoms with Gasteiger partial charge in [0, 0.05) is 19.3 Å². The molecular formula is C14H17F3N4O. The lowest BCUT2D eigenvalue weighted by Crippen LogP contribution is -2.64. The van der Waals surface area contributed by atoms with Crippen LogP contribution in [0.2, 0.25) is 0 Å². The second kappa shape index (κ2) is 5.63. The monoisotopic (exact) mass is 314 g/mol. The van der Waals surface area contributed by atoms with Gasteiger partial charge in [-0.3, -0.25) is 9.48 Å². The number of hydrogen-bond donors (Lipinski definition) is 0. The van der Waals surface area contributed by atoms with E-state index in [9.17, 15) is 18.0 Å². The number of alkyl halides is 3. The third-order valence-electron chi connectivity index (χ3n) is 3.84. The summed E-state index contributed by atoms with van der Waals surface area (Å²) in [7, 11) is 0. The molecule has 0 unspecified atom stereocenters. The topological polar surface area (TPSA) is 61.9 Å². The first-order valence-electron chi connectivity index (χ1n) is 6.93. The Morgan fingerprint density at radius 1 is 1.50 bits per heavy atom. The highest BCUT2D eigenvalue weighted by molar-refractivity contribution is 5.78. The molecule has 120 valence electrons. The highest BCUT2D eigenvalue weighted by atomic mass is 19.4. The summed E-state index contributed by atoms with van der Waals surface area (Å²) >= 11 is 0. The van der Waals surface area contributed by atoms with Gasteiger partial charge in [-0.1, -0.05) is 13.8 Å². The second-order valence-corrected chi connectivity index (χ2v) is 5.97. The number of likely N-dealkylation sites (tertiary alicyclic amines) is 1. The van der Waals surface area contributed by atoms with Crippen LogP contribution in [0.4, 0.5) is 13.2 Å². The fourth-order valence-corrected chi connectivity index (χ4v) is 2.50. The van der Waals surface area contributed by atoms with Crippen molar-refractivity contribution < 1.29 is 18.0 Å². The van der Waals surface area contributed by atoms with Gasteiger partial charge < -0.3 is 4.90 Å². The normalized spacial score (nSPS) is 17.2. The first-order chi connectivity index (χ1) is 10.2. The van der Waals surface area contributed by atoms with E-state index in [-0.39, 0.29) is 25.4 Å². The van der Waals surface area contributed by atoms with Crippen LogP contribution in [0, 0.1) is 11.3 Å². The largest absolute Gasteiger partial charge is 0.397 e. The van der Waals surface area contributed by atoms with Gasteiger partial charge in [-0.05, 0) is 11.5 Å². The SMILES string of the molecule is CC(C)c1cnn(C2(CC#N)CN(C(=O)CC(F)(F)F)C2)c1. The Bertz CT molecular complexity index is 594. The van der Waals surface area contributed by atoms with Crippen molar-refractivity contribution in [3.05, 3.63) is 18.0 Å². The van der Waals surface area contributed by atoms with Crippen molar-refractivity contribution in [1.82, 2.24) is 14.7 Å². The number of amides is 1. The lowest BCUT2D eigenvalue weighted by Gasteiger charge is -2.49. The van der Waals surface area contributed by atoms with Gasteiger partial charge in [-0.25, -0.2) is 0 Å². The van der Waals surface area contributed by atoms with Gasteiger partial charge in [0.05, 0.1) is 18.7 Å². The Hall–Kier alpha value is -2.04. The number of hydrogen-bond acceptors (Lipinski definition) is 3. The van der Waals surface area contributed by atoms with Gasteiger partial charge in [0.25, 0.3) is 0 Å². The van der Waals surface area contributed by atoms with Gasteiger partial charge in [0.2, 0.25) is 5.91 Å². The van der Waals surface area contributed by atoms with E-state index in [1.165, 1.54) is 0 Å². The number of carbonyl (C=O) groups excluding carboxylic acids is 1. The quantitative estimate of drug-likeness (QED) is 0.857. The van der Waals surface area contributed by atoms with Crippen molar-refractivity contribution >= 4 is 5.91 Å². The predicted molar refractivity (Wildman–Crippen MR) is 71.8 cm³/mol. The lowest BCUT2D eigenvalue weighted by molar-refractivity contribution is -0.169. The summed E-state index contributed by atoms with van der Waals surface area (Å²) in [5, 5.41) is 13.2. The molecule has 1 saturated heterocycles. The number of nitriles is 1. The van der Waals surface area contributed by atoms with Crippen LogP contribution in [0.25, 0.3) is 0 Å². The van der Waals surface area contributed by atoms with Crippen LogP contribution in [0.15, 0.2) is 12.4 Å². The van der Waals surface area contributed by atoms with Crippen LogP contribution in [0.3, 0.4) is 0 Å².